The van der Waals surface area contributed by atoms with Crippen molar-refractivity contribution in [3.8, 4) is 0 Å². The molecule has 0 atom stereocenters. The molecule has 0 spiro atoms. The summed E-state index contributed by atoms with van der Waals surface area (Å²) in [5.74, 6) is -0.821. The summed E-state index contributed by atoms with van der Waals surface area (Å²) in [5, 5.41) is 0. The minimum absolute atomic E-state index is 0.0833. The highest BCUT2D eigenvalue weighted by molar-refractivity contribution is 5.93. The van der Waals surface area contributed by atoms with E-state index in [0.29, 0.717) is 6.54 Å². The second-order valence-electron chi connectivity index (χ2n) is 4.86. The van der Waals surface area contributed by atoms with Gasteiger partial charge < -0.3 is 14.7 Å². The standard InChI is InChI=1S/C12H18F3N3O2/c1-16(2)6-3-4-10(19)18-8-11(20)17(9-18)7-5-12(13,14)15/h3-4H,5-9H2,1-2H3/b4-3+. The topological polar surface area (TPSA) is 43.9 Å². The molecule has 0 unspecified atom stereocenters. The summed E-state index contributed by atoms with van der Waals surface area (Å²) in [6.45, 7) is -0.0815. The SMILES string of the molecule is CN(C)C/C=C/C(=O)N1CC(=O)N(CCC(F)(F)F)C1. The minimum Gasteiger partial charge on any atom is -0.323 e. The monoisotopic (exact) mass is 293 g/mol. The molecule has 1 heterocycles. The van der Waals surface area contributed by atoms with Crippen LogP contribution in [0.2, 0.25) is 0 Å². The van der Waals surface area contributed by atoms with Crippen molar-refractivity contribution >= 4 is 11.8 Å². The smallest absolute Gasteiger partial charge is 0.323 e. The third-order valence-corrected chi connectivity index (χ3v) is 2.73. The fourth-order valence-corrected chi connectivity index (χ4v) is 1.67. The summed E-state index contributed by atoms with van der Waals surface area (Å²) in [7, 11) is 3.68. The number of rotatable bonds is 5. The average Bonchev–Trinajstić information content (AvgIpc) is 2.66. The molecule has 20 heavy (non-hydrogen) atoms. The van der Waals surface area contributed by atoms with Crippen LogP contribution in [0.4, 0.5) is 13.2 Å². The Hall–Kier alpha value is -1.57. The highest BCUT2D eigenvalue weighted by Crippen LogP contribution is 2.21. The summed E-state index contributed by atoms with van der Waals surface area (Å²) >= 11 is 0. The Balaban J connectivity index is 2.46. The molecule has 114 valence electrons. The van der Waals surface area contributed by atoms with E-state index in [2.05, 4.69) is 0 Å². The van der Waals surface area contributed by atoms with Crippen molar-refractivity contribution in [1.82, 2.24) is 14.7 Å². The van der Waals surface area contributed by atoms with Crippen LogP contribution in [-0.2, 0) is 9.59 Å². The predicted molar refractivity (Wildman–Crippen MR) is 66.7 cm³/mol. The lowest BCUT2D eigenvalue weighted by molar-refractivity contribution is -0.142. The summed E-state index contributed by atoms with van der Waals surface area (Å²) in [5.41, 5.74) is 0. The molecule has 0 bridgehead atoms. The molecule has 2 amide bonds. The normalized spacial score (nSPS) is 16.8. The first-order valence-corrected chi connectivity index (χ1v) is 6.14. The number of hydrogen-bond donors (Lipinski definition) is 0. The fourth-order valence-electron chi connectivity index (χ4n) is 1.67. The van der Waals surface area contributed by atoms with Crippen molar-refractivity contribution < 1.29 is 22.8 Å². The number of carbonyl (C=O) groups is 2. The first kappa shape index (κ1) is 16.5. The molecule has 5 nitrogen and oxygen atoms in total. The van der Waals surface area contributed by atoms with Gasteiger partial charge in [-0.1, -0.05) is 6.08 Å². The van der Waals surface area contributed by atoms with Gasteiger partial charge in [-0.15, -0.1) is 0 Å². The Morgan fingerprint density at radius 2 is 2.05 bits per heavy atom. The Morgan fingerprint density at radius 1 is 1.40 bits per heavy atom. The predicted octanol–water partition coefficient (Wildman–Crippen LogP) is 0.685. The first-order valence-electron chi connectivity index (χ1n) is 6.14. The molecule has 0 radical (unpaired) electrons. The number of amides is 2. The molecule has 1 aliphatic rings. The third kappa shape index (κ3) is 5.60. The van der Waals surface area contributed by atoms with Gasteiger partial charge >= 0.3 is 6.18 Å². The average molecular weight is 293 g/mol. The zero-order valence-electron chi connectivity index (χ0n) is 11.5. The van der Waals surface area contributed by atoms with Crippen LogP contribution in [-0.4, -0.2) is 73.1 Å². The quantitative estimate of drug-likeness (QED) is 0.700. The maximum Gasteiger partial charge on any atom is 0.390 e. The van der Waals surface area contributed by atoms with Gasteiger partial charge in [-0.2, -0.15) is 13.2 Å². The van der Waals surface area contributed by atoms with E-state index in [1.54, 1.807) is 6.08 Å². The molecule has 1 rings (SSSR count). The minimum atomic E-state index is -4.30. The summed E-state index contributed by atoms with van der Waals surface area (Å²) in [6.07, 6.45) is -2.38. The summed E-state index contributed by atoms with van der Waals surface area (Å²) in [4.78, 5) is 27.4. The second-order valence-corrected chi connectivity index (χ2v) is 4.86. The molecular weight excluding hydrogens is 275 g/mol. The van der Waals surface area contributed by atoms with Gasteiger partial charge in [-0.25, -0.2) is 0 Å². The van der Waals surface area contributed by atoms with Gasteiger partial charge in [0.05, 0.1) is 13.1 Å². The summed E-state index contributed by atoms with van der Waals surface area (Å²) < 4.78 is 36.3. The van der Waals surface area contributed by atoms with Crippen LogP contribution in [0.25, 0.3) is 0 Å². The highest BCUT2D eigenvalue weighted by Gasteiger charge is 2.33. The maximum atomic E-state index is 12.1. The van der Waals surface area contributed by atoms with Crippen LogP contribution >= 0.6 is 0 Å². The molecule has 1 fully saturated rings. The Morgan fingerprint density at radius 3 is 2.60 bits per heavy atom. The van der Waals surface area contributed by atoms with Gasteiger partial charge in [0.1, 0.15) is 6.54 Å². The van der Waals surface area contributed by atoms with Crippen LogP contribution in [0.1, 0.15) is 6.42 Å². The van der Waals surface area contributed by atoms with Gasteiger partial charge in [-0.3, -0.25) is 9.59 Å². The van der Waals surface area contributed by atoms with E-state index >= 15 is 0 Å². The van der Waals surface area contributed by atoms with Gasteiger partial charge in [-0.05, 0) is 14.1 Å². The molecule has 0 aromatic rings. The number of carbonyl (C=O) groups excluding carboxylic acids is 2. The van der Waals surface area contributed by atoms with E-state index in [4.69, 9.17) is 0 Å². The fraction of sp³-hybridized carbons (Fsp3) is 0.667. The molecule has 0 aromatic carbocycles. The van der Waals surface area contributed by atoms with Gasteiger partial charge in [0.15, 0.2) is 0 Å². The van der Waals surface area contributed by atoms with E-state index in [-0.39, 0.29) is 19.1 Å². The number of alkyl halides is 3. The number of halogens is 3. The van der Waals surface area contributed by atoms with Crippen LogP contribution in [0.3, 0.4) is 0 Å². The number of likely N-dealkylation sites (N-methyl/N-ethyl adjacent to an activating group) is 1. The van der Waals surface area contributed by atoms with E-state index < -0.39 is 25.0 Å². The summed E-state index contributed by atoms with van der Waals surface area (Å²) in [6, 6.07) is 0. The van der Waals surface area contributed by atoms with Gasteiger partial charge in [0.2, 0.25) is 11.8 Å². The van der Waals surface area contributed by atoms with E-state index in [0.717, 1.165) is 4.90 Å². The Labute approximate surface area is 115 Å². The largest absolute Gasteiger partial charge is 0.390 e. The molecule has 1 aliphatic heterocycles. The lowest BCUT2D eigenvalue weighted by Gasteiger charge is -2.18. The molecule has 1 saturated heterocycles. The van der Waals surface area contributed by atoms with Crippen LogP contribution in [0.5, 0.6) is 0 Å². The van der Waals surface area contributed by atoms with Crippen LogP contribution in [0, 0.1) is 0 Å². The van der Waals surface area contributed by atoms with Gasteiger partial charge in [0, 0.05) is 19.2 Å². The molecule has 8 heteroatoms. The maximum absolute atomic E-state index is 12.1. The van der Waals surface area contributed by atoms with Crippen molar-refractivity contribution in [1.29, 1.82) is 0 Å². The van der Waals surface area contributed by atoms with Crippen LogP contribution < -0.4 is 0 Å². The highest BCUT2D eigenvalue weighted by atomic mass is 19.4. The third-order valence-electron chi connectivity index (χ3n) is 2.73. The second kappa shape index (κ2) is 6.74. The van der Waals surface area contributed by atoms with Crippen molar-refractivity contribution in [2.75, 3.05) is 40.4 Å². The van der Waals surface area contributed by atoms with Crippen molar-refractivity contribution in [3.63, 3.8) is 0 Å². The zero-order chi connectivity index (χ0) is 15.3. The van der Waals surface area contributed by atoms with Crippen molar-refractivity contribution in [3.05, 3.63) is 12.2 Å². The Bertz CT molecular complexity index is 394. The number of nitrogens with zero attached hydrogens (tertiary/aromatic N) is 3. The van der Waals surface area contributed by atoms with Crippen molar-refractivity contribution in [2.45, 2.75) is 12.6 Å². The Kier molecular flexibility index (Phi) is 5.55. The lowest BCUT2D eigenvalue weighted by atomic mass is 10.4. The molecule has 0 aromatic heterocycles. The van der Waals surface area contributed by atoms with E-state index in [1.807, 2.05) is 19.0 Å². The van der Waals surface area contributed by atoms with E-state index in [9.17, 15) is 22.8 Å². The lowest BCUT2D eigenvalue weighted by Crippen LogP contribution is -2.32. The van der Waals surface area contributed by atoms with Gasteiger partial charge in [0.25, 0.3) is 0 Å². The zero-order valence-corrected chi connectivity index (χ0v) is 11.5. The molecule has 0 aliphatic carbocycles. The van der Waals surface area contributed by atoms with E-state index in [1.165, 1.54) is 11.0 Å². The van der Waals surface area contributed by atoms with Crippen molar-refractivity contribution in [2.24, 2.45) is 0 Å². The molecule has 0 saturated carbocycles. The molecule has 0 N–H and O–H groups in total. The molecular formula is C12H18F3N3O2. The first-order chi connectivity index (χ1) is 9.19. The number of hydrogen-bond acceptors (Lipinski definition) is 3. The van der Waals surface area contributed by atoms with Crippen LogP contribution in [0.15, 0.2) is 12.2 Å².